The highest BCUT2D eigenvalue weighted by atomic mass is 19.3. The molecule has 0 aliphatic heterocycles. The molecule has 0 fully saturated rings. The van der Waals surface area contributed by atoms with Gasteiger partial charge in [0.15, 0.2) is 0 Å². The Morgan fingerprint density at radius 1 is 1.48 bits per heavy atom. The fraction of sp³-hybridized carbons (Fsp3) is 0.400. The van der Waals surface area contributed by atoms with Gasteiger partial charge in [-0.15, -0.1) is 0 Å². The molecule has 0 bridgehead atoms. The van der Waals surface area contributed by atoms with Crippen molar-refractivity contribution in [2.24, 2.45) is 0 Å². The summed E-state index contributed by atoms with van der Waals surface area (Å²) < 4.78 is 28.3. The van der Waals surface area contributed by atoms with Crippen LogP contribution in [0.2, 0.25) is 0 Å². The molecule has 2 N–H and O–H groups in total. The second-order valence-electron chi connectivity index (χ2n) is 4.25. The van der Waals surface area contributed by atoms with Gasteiger partial charge in [-0.05, 0) is 24.6 Å². The van der Waals surface area contributed by atoms with Gasteiger partial charge >= 0.3 is 0 Å². The summed E-state index contributed by atoms with van der Waals surface area (Å²) in [5.74, 6) is 5.00. The number of nitrogens with one attached hydrogen (secondary N) is 1. The van der Waals surface area contributed by atoms with Crippen LogP contribution in [0.1, 0.15) is 17.5 Å². The standard InChI is InChI=1S/C15H17F2NO3/c1-11-4-5-13(9-12(11)3-2-7-19)18-15(20)6-8-21-10-14(16)17/h4-5,9,14,19H,6-8,10H2,1H3,(H,18,20). The van der Waals surface area contributed by atoms with E-state index in [0.717, 1.165) is 5.56 Å². The average Bonchev–Trinajstić information content (AvgIpc) is 2.44. The number of benzene rings is 1. The van der Waals surface area contributed by atoms with Crippen molar-refractivity contribution in [3.63, 3.8) is 0 Å². The molecule has 0 spiro atoms. The van der Waals surface area contributed by atoms with Crippen LogP contribution in [0.4, 0.5) is 14.5 Å². The Hall–Kier alpha value is -1.97. The van der Waals surface area contributed by atoms with Crippen LogP contribution in [0, 0.1) is 18.8 Å². The summed E-state index contributed by atoms with van der Waals surface area (Å²) in [4.78, 5) is 11.6. The van der Waals surface area contributed by atoms with E-state index in [-0.39, 0.29) is 25.5 Å². The highest BCUT2D eigenvalue weighted by molar-refractivity contribution is 5.91. The molecule has 0 radical (unpaired) electrons. The molecule has 4 nitrogen and oxygen atoms in total. The van der Waals surface area contributed by atoms with Gasteiger partial charge in [-0.2, -0.15) is 0 Å². The quantitative estimate of drug-likeness (QED) is 0.623. The Kier molecular flexibility index (Phi) is 7.37. The first kappa shape index (κ1) is 17.1. The molecular weight excluding hydrogens is 280 g/mol. The molecule has 0 aromatic heterocycles. The molecule has 0 saturated heterocycles. The number of carbonyl (C=O) groups is 1. The Morgan fingerprint density at radius 3 is 2.90 bits per heavy atom. The Morgan fingerprint density at radius 2 is 2.24 bits per heavy atom. The van der Waals surface area contributed by atoms with Crippen molar-refractivity contribution in [2.45, 2.75) is 19.8 Å². The number of hydrogen-bond donors (Lipinski definition) is 2. The summed E-state index contributed by atoms with van der Waals surface area (Å²) in [5, 5.41) is 11.3. The van der Waals surface area contributed by atoms with Crippen molar-refractivity contribution in [1.29, 1.82) is 0 Å². The lowest BCUT2D eigenvalue weighted by atomic mass is 10.1. The van der Waals surface area contributed by atoms with E-state index in [9.17, 15) is 13.6 Å². The zero-order valence-electron chi connectivity index (χ0n) is 11.7. The van der Waals surface area contributed by atoms with Gasteiger partial charge in [0.05, 0.1) is 13.0 Å². The maximum atomic E-state index is 11.8. The largest absolute Gasteiger partial charge is 0.384 e. The first-order chi connectivity index (χ1) is 10.0. The summed E-state index contributed by atoms with van der Waals surface area (Å²) in [6.45, 7) is 0.903. The van der Waals surface area contributed by atoms with Crippen molar-refractivity contribution >= 4 is 11.6 Å². The normalized spacial score (nSPS) is 10.1. The van der Waals surface area contributed by atoms with Crippen molar-refractivity contribution in [3.05, 3.63) is 29.3 Å². The third-order valence-corrected chi connectivity index (χ3v) is 2.54. The number of anilines is 1. The van der Waals surface area contributed by atoms with Crippen LogP contribution in [0.3, 0.4) is 0 Å². The number of alkyl halides is 2. The van der Waals surface area contributed by atoms with Crippen molar-refractivity contribution in [2.75, 3.05) is 25.1 Å². The fourth-order valence-corrected chi connectivity index (χ4v) is 1.53. The smallest absolute Gasteiger partial charge is 0.261 e. The second-order valence-corrected chi connectivity index (χ2v) is 4.25. The third kappa shape index (κ3) is 6.84. The Labute approximate surface area is 122 Å². The molecule has 0 unspecified atom stereocenters. The number of aliphatic hydroxyl groups is 1. The lowest BCUT2D eigenvalue weighted by Crippen LogP contribution is -2.15. The van der Waals surface area contributed by atoms with Crippen LogP contribution in [0.15, 0.2) is 18.2 Å². The molecule has 1 aromatic rings. The number of amides is 1. The predicted molar refractivity (Wildman–Crippen MR) is 75.2 cm³/mol. The van der Waals surface area contributed by atoms with Crippen molar-refractivity contribution in [1.82, 2.24) is 0 Å². The summed E-state index contributed by atoms with van der Waals surface area (Å²) in [6.07, 6.45) is -2.53. The lowest BCUT2D eigenvalue weighted by Gasteiger charge is -2.07. The SMILES string of the molecule is Cc1ccc(NC(=O)CCOCC(F)F)cc1C#CCO. The molecule has 21 heavy (non-hydrogen) atoms. The number of aliphatic hydroxyl groups excluding tert-OH is 1. The van der Waals surface area contributed by atoms with E-state index in [1.807, 2.05) is 6.92 Å². The minimum absolute atomic E-state index is 0.00174. The zero-order valence-corrected chi connectivity index (χ0v) is 11.7. The first-order valence-corrected chi connectivity index (χ1v) is 6.39. The van der Waals surface area contributed by atoms with Gasteiger partial charge in [0, 0.05) is 11.3 Å². The van der Waals surface area contributed by atoms with Gasteiger partial charge in [0.1, 0.15) is 13.2 Å². The highest BCUT2D eigenvalue weighted by Crippen LogP contribution is 2.14. The summed E-state index contributed by atoms with van der Waals surface area (Å²) in [7, 11) is 0. The summed E-state index contributed by atoms with van der Waals surface area (Å²) >= 11 is 0. The van der Waals surface area contributed by atoms with Crippen molar-refractivity contribution in [3.8, 4) is 11.8 Å². The van der Waals surface area contributed by atoms with E-state index in [0.29, 0.717) is 11.3 Å². The number of halogens is 2. The number of ether oxygens (including phenoxy) is 1. The minimum atomic E-state index is -2.53. The minimum Gasteiger partial charge on any atom is -0.384 e. The van der Waals surface area contributed by atoms with E-state index in [2.05, 4.69) is 21.9 Å². The van der Waals surface area contributed by atoms with Gasteiger partial charge in [0.25, 0.3) is 6.43 Å². The molecule has 0 heterocycles. The van der Waals surface area contributed by atoms with E-state index >= 15 is 0 Å². The van der Waals surface area contributed by atoms with Gasteiger partial charge in [-0.25, -0.2) is 8.78 Å². The zero-order chi connectivity index (χ0) is 15.7. The lowest BCUT2D eigenvalue weighted by molar-refractivity contribution is -0.117. The Bertz CT molecular complexity index is 535. The van der Waals surface area contributed by atoms with Crippen LogP contribution in [0.5, 0.6) is 0 Å². The topological polar surface area (TPSA) is 58.6 Å². The molecule has 0 saturated carbocycles. The number of aryl methyl sites for hydroxylation is 1. The summed E-state index contributed by atoms with van der Waals surface area (Å²) in [5.41, 5.74) is 2.19. The average molecular weight is 297 g/mol. The van der Waals surface area contributed by atoms with Gasteiger partial charge < -0.3 is 15.2 Å². The highest BCUT2D eigenvalue weighted by Gasteiger charge is 2.06. The van der Waals surface area contributed by atoms with E-state index in [1.165, 1.54) is 0 Å². The van der Waals surface area contributed by atoms with Crippen LogP contribution in [0.25, 0.3) is 0 Å². The summed E-state index contributed by atoms with van der Waals surface area (Å²) in [6, 6.07) is 5.21. The molecule has 1 rings (SSSR count). The maximum absolute atomic E-state index is 11.8. The maximum Gasteiger partial charge on any atom is 0.261 e. The van der Waals surface area contributed by atoms with E-state index in [1.54, 1.807) is 18.2 Å². The van der Waals surface area contributed by atoms with Crippen LogP contribution in [-0.2, 0) is 9.53 Å². The van der Waals surface area contributed by atoms with E-state index < -0.39 is 13.0 Å². The Balaban J connectivity index is 2.52. The molecule has 1 aromatic carbocycles. The van der Waals surface area contributed by atoms with Crippen LogP contribution >= 0.6 is 0 Å². The molecule has 6 heteroatoms. The molecule has 1 amide bonds. The van der Waals surface area contributed by atoms with Gasteiger partial charge in [0.2, 0.25) is 5.91 Å². The number of carbonyl (C=O) groups excluding carboxylic acids is 1. The van der Waals surface area contributed by atoms with E-state index in [4.69, 9.17) is 5.11 Å². The molecule has 0 atom stereocenters. The number of rotatable bonds is 6. The van der Waals surface area contributed by atoms with Crippen LogP contribution in [-0.4, -0.2) is 37.3 Å². The van der Waals surface area contributed by atoms with Crippen molar-refractivity contribution < 1.29 is 23.4 Å². The fourth-order valence-electron chi connectivity index (χ4n) is 1.53. The molecule has 0 aliphatic rings. The third-order valence-electron chi connectivity index (χ3n) is 2.54. The van der Waals surface area contributed by atoms with Gasteiger partial charge in [-0.1, -0.05) is 17.9 Å². The number of hydrogen-bond acceptors (Lipinski definition) is 3. The molecule has 114 valence electrons. The monoisotopic (exact) mass is 297 g/mol. The predicted octanol–water partition coefficient (Wildman–Crippen LogP) is 1.95. The van der Waals surface area contributed by atoms with Crippen LogP contribution < -0.4 is 5.32 Å². The molecular formula is C15H17F2NO3. The molecule has 0 aliphatic carbocycles. The first-order valence-electron chi connectivity index (χ1n) is 6.39. The second kappa shape index (κ2) is 9.06. The van der Waals surface area contributed by atoms with Gasteiger partial charge in [-0.3, -0.25) is 4.79 Å².